The van der Waals surface area contributed by atoms with Gasteiger partial charge in [-0.25, -0.2) is 0 Å². The molecule has 0 radical (unpaired) electrons. The topological polar surface area (TPSA) is 24.4 Å². The summed E-state index contributed by atoms with van der Waals surface area (Å²) in [6.45, 7) is 6.37. The van der Waals surface area contributed by atoms with Gasteiger partial charge in [0.05, 0.1) is 5.92 Å². The van der Waals surface area contributed by atoms with Crippen LogP contribution in [0.1, 0.15) is 48.9 Å². The summed E-state index contributed by atoms with van der Waals surface area (Å²) in [5.74, 6) is 0.0539. The third-order valence-electron chi connectivity index (χ3n) is 5.95. The Morgan fingerprint density at radius 1 is 0.639 bits per heavy atom. The minimum atomic E-state index is 0.0539. The zero-order chi connectivity index (χ0) is 25.2. The van der Waals surface area contributed by atoms with Gasteiger partial charge in [0.2, 0.25) is 0 Å². The molecule has 2 nitrogen and oxygen atoms in total. The van der Waals surface area contributed by atoms with Gasteiger partial charge in [0, 0.05) is 29.2 Å². The third kappa shape index (κ3) is 6.70. The summed E-state index contributed by atoms with van der Waals surface area (Å²) >= 11 is 0. The molecule has 4 aromatic carbocycles. The van der Waals surface area contributed by atoms with E-state index in [9.17, 15) is 0 Å². The molecule has 180 valence electrons. The fraction of sp³-hybridized carbons (Fsp3) is 0.147. The van der Waals surface area contributed by atoms with Crippen LogP contribution in [0.4, 0.5) is 0 Å². The molecule has 0 unspecified atom stereocenters. The van der Waals surface area contributed by atoms with Crippen molar-refractivity contribution in [1.82, 2.24) is 5.32 Å². The molecule has 0 aromatic heterocycles. The Morgan fingerprint density at radius 3 is 1.47 bits per heavy atom. The number of allylic oxidation sites excluding steroid dienone is 2. The van der Waals surface area contributed by atoms with Crippen molar-refractivity contribution in [2.24, 2.45) is 4.99 Å². The predicted octanol–water partition coefficient (Wildman–Crippen LogP) is 8.25. The van der Waals surface area contributed by atoms with E-state index in [1.807, 2.05) is 12.1 Å². The predicted molar refractivity (Wildman–Crippen MR) is 154 cm³/mol. The molecule has 0 aliphatic rings. The maximum Gasteiger partial charge on any atom is 0.0509 e. The van der Waals surface area contributed by atoms with Crippen LogP contribution < -0.4 is 5.32 Å². The van der Waals surface area contributed by atoms with Gasteiger partial charge in [0.1, 0.15) is 0 Å². The number of hydrogen-bond acceptors (Lipinski definition) is 2. The molecule has 36 heavy (non-hydrogen) atoms. The molecule has 0 heterocycles. The van der Waals surface area contributed by atoms with Gasteiger partial charge in [-0.3, -0.25) is 4.99 Å². The van der Waals surface area contributed by atoms with Crippen LogP contribution >= 0.6 is 0 Å². The molecular weight excluding hydrogens is 436 g/mol. The van der Waals surface area contributed by atoms with Crippen LogP contribution in [-0.2, 0) is 0 Å². The Balaban J connectivity index is 1.72. The molecule has 0 spiro atoms. The van der Waals surface area contributed by atoms with Crippen LogP contribution in [0.5, 0.6) is 0 Å². The van der Waals surface area contributed by atoms with Crippen molar-refractivity contribution in [3.8, 4) is 0 Å². The third-order valence-corrected chi connectivity index (χ3v) is 5.95. The second-order valence-electron chi connectivity index (χ2n) is 9.16. The van der Waals surface area contributed by atoms with Gasteiger partial charge in [-0.15, -0.1) is 0 Å². The summed E-state index contributed by atoms with van der Waals surface area (Å²) in [4.78, 5) is 5.09. The fourth-order valence-corrected chi connectivity index (χ4v) is 4.34. The van der Waals surface area contributed by atoms with E-state index in [1.165, 1.54) is 22.3 Å². The lowest BCUT2D eigenvalue weighted by molar-refractivity contribution is 0.826. The second-order valence-corrected chi connectivity index (χ2v) is 9.16. The lowest BCUT2D eigenvalue weighted by Crippen LogP contribution is -2.16. The van der Waals surface area contributed by atoms with E-state index in [2.05, 4.69) is 148 Å². The molecular formula is C34H34N2. The van der Waals surface area contributed by atoms with Crippen LogP contribution in [0.15, 0.2) is 144 Å². The van der Waals surface area contributed by atoms with Gasteiger partial charge >= 0.3 is 0 Å². The zero-order valence-electron chi connectivity index (χ0n) is 21.3. The summed E-state index contributed by atoms with van der Waals surface area (Å²) in [5.41, 5.74) is 8.04. The largest absolute Gasteiger partial charge is 0.365 e. The molecule has 0 aliphatic carbocycles. The first-order valence-electron chi connectivity index (χ1n) is 12.5. The smallest absolute Gasteiger partial charge is 0.0509 e. The van der Waals surface area contributed by atoms with Crippen molar-refractivity contribution < 1.29 is 0 Å². The van der Waals surface area contributed by atoms with Crippen LogP contribution in [-0.4, -0.2) is 11.8 Å². The first-order chi connectivity index (χ1) is 17.6. The van der Waals surface area contributed by atoms with E-state index in [4.69, 9.17) is 4.99 Å². The number of nitrogens with one attached hydrogen (secondary N) is 1. The SMILES string of the molecule is C/C(=C/C(=NC(C)C)C(c1ccccc1)c1ccccc1)NC=C(c1ccccc1)c1ccccc1. The van der Waals surface area contributed by atoms with Crippen molar-refractivity contribution in [2.75, 3.05) is 0 Å². The van der Waals surface area contributed by atoms with Gasteiger partial charge in [-0.1, -0.05) is 121 Å². The van der Waals surface area contributed by atoms with Crippen molar-refractivity contribution in [3.05, 3.63) is 162 Å². The van der Waals surface area contributed by atoms with Gasteiger partial charge < -0.3 is 5.32 Å². The molecule has 2 heteroatoms. The van der Waals surface area contributed by atoms with Gasteiger partial charge in [0.25, 0.3) is 0 Å². The first kappa shape index (κ1) is 24.9. The van der Waals surface area contributed by atoms with E-state index >= 15 is 0 Å². The highest BCUT2D eigenvalue weighted by Crippen LogP contribution is 2.28. The molecule has 1 N–H and O–H groups in total. The number of hydrogen-bond donors (Lipinski definition) is 1. The van der Waals surface area contributed by atoms with Crippen molar-refractivity contribution >= 4 is 11.3 Å². The molecule has 0 amide bonds. The highest BCUT2D eigenvalue weighted by atomic mass is 14.9. The molecule has 0 atom stereocenters. The van der Waals surface area contributed by atoms with Crippen molar-refractivity contribution in [3.63, 3.8) is 0 Å². The second kappa shape index (κ2) is 12.5. The fourth-order valence-electron chi connectivity index (χ4n) is 4.34. The highest BCUT2D eigenvalue weighted by molar-refractivity contribution is 6.03. The number of rotatable bonds is 9. The maximum atomic E-state index is 5.09. The van der Waals surface area contributed by atoms with Gasteiger partial charge in [-0.2, -0.15) is 0 Å². The van der Waals surface area contributed by atoms with E-state index in [-0.39, 0.29) is 12.0 Å². The Kier molecular flexibility index (Phi) is 8.67. The average molecular weight is 471 g/mol. The van der Waals surface area contributed by atoms with Crippen LogP contribution in [0.25, 0.3) is 5.57 Å². The summed E-state index contributed by atoms with van der Waals surface area (Å²) < 4.78 is 0. The Morgan fingerprint density at radius 2 is 1.06 bits per heavy atom. The Labute approximate surface area is 215 Å². The minimum absolute atomic E-state index is 0.0539. The maximum absolute atomic E-state index is 5.09. The molecule has 0 fully saturated rings. The summed E-state index contributed by atoms with van der Waals surface area (Å²) in [7, 11) is 0. The number of benzene rings is 4. The van der Waals surface area contributed by atoms with Gasteiger partial charge in [0.15, 0.2) is 0 Å². The zero-order valence-corrected chi connectivity index (χ0v) is 21.3. The minimum Gasteiger partial charge on any atom is -0.365 e. The molecule has 0 aliphatic heterocycles. The molecule has 4 rings (SSSR count). The van der Waals surface area contributed by atoms with Crippen LogP contribution in [0.3, 0.4) is 0 Å². The first-order valence-corrected chi connectivity index (χ1v) is 12.5. The lowest BCUT2D eigenvalue weighted by Gasteiger charge is -2.20. The molecule has 0 saturated heterocycles. The number of nitrogens with zero attached hydrogens (tertiary/aromatic N) is 1. The quantitative estimate of drug-likeness (QED) is 0.245. The van der Waals surface area contributed by atoms with E-state index in [0.717, 1.165) is 17.0 Å². The van der Waals surface area contributed by atoms with Crippen molar-refractivity contribution in [2.45, 2.75) is 32.7 Å². The van der Waals surface area contributed by atoms with E-state index < -0.39 is 0 Å². The van der Waals surface area contributed by atoms with Crippen LogP contribution in [0.2, 0.25) is 0 Å². The van der Waals surface area contributed by atoms with E-state index in [1.54, 1.807) is 0 Å². The molecule has 4 aromatic rings. The average Bonchev–Trinajstić information content (AvgIpc) is 2.91. The van der Waals surface area contributed by atoms with Crippen LogP contribution in [0, 0.1) is 0 Å². The Hall–Kier alpha value is -4.17. The standard InChI is InChI=1S/C34H34N2/c1-26(2)36-33(34(30-20-12-6-13-21-30)31-22-14-7-15-23-31)24-27(3)35-25-32(28-16-8-4-9-17-28)29-18-10-5-11-19-29/h4-26,34-35H,1-3H3/b27-24-,36-33?. The molecule has 0 bridgehead atoms. The van der Waals surface area contributed by atoms with E-state index in [0.29, 0.717) is 0 Å². The summed E-state index contributed by atoms with van der Waals surface area (Å²) in [6, 6.07) is 42.4. The van der Waals surface area contributed by atoms with Crippen molar-refractivity contribution in [1.29, 1.82) is 0 Å². The summed E-state index contributed by atoms with van der Waals surface area (Å²) in [5, 5.41) is 3.56. The Bertz CT molecular complexity index is 1220. The normalized spacial score (nSPS) is 12.0. The monoisotopic (exact) mass is 470 g/mol. The molecule has 0 saturated carbocycles. The highest BCUT2D eigenvalue weighted by Gasteiger charge is 2.19. The summed E-state index contributed by atoms with van der Waals surface area (Å²) in [6.07, 6.45) is 4.29. The van der Waals surface area contributed by atoms with Gasteiger partial charge in [-0.05, 0) is 49.1 Å². The lowest BCUT2D eigenvalue weighted by atomic mass is 9.86. The number of aliphatic imine (C=N–C) groups is 1.